The molecule has 0 radical (unpaired) electrons. The fourth-order valence-electron chi connectivity index (χ4n) is 2.05. The van der Waals surface area contributed by atoms with E-state index in [0.29, 0.717) is 11.7 Å². The van der Waals surface area contributed by atoms with E-state index in [9.17, 15) is 5.11 Å². The summed E-state index contributed by atoms with van der Waals surface area (Å²) >= 11 is 0. The number of ether oxygens (including phenoxy) is 1. The monoisotopic (exact) mass is 238 g/mol. The van der Waals surface area contributed by atoms with Crippen LogP contribution in [0.5, 0.6) is 0 Å². The van der Waals surface area contributed by atoms with Crippen LogP contribution in [0.25, 0.3) is 0 Å². The van der Waals surface area contributed by atoms with Gasteiger partial charge in [0.05, 0.1) is 12.4 Å². The molecule has 0 bridgehead atoms. The molecule has 2 nitrogen and oxygen atoms in total. The second kappa shape index (κ2) is 7.41. The van der Waals surface area contributed by atoms with Gasteiger partial charge in [-0.2, -0.15) is 0 Å². The van der Waals surface area contributed by atoms with E-state index in [-0.39, 0.29) is 6.10 Å². The highest BCUT2D eigenvalue weighted by atomic mass is 16.5. The fourth-order valence-corrected chi connectivity index (χ4v) is 2.05. The van der Waals surface area contributed by atoms with Gasteiger partial charge in [0.25, 0.3) is 0 Å². The summed E-state index contributed by atoms with van der Waals surface area (Å²) in [6, 6.07) is 0. The first-order valence-electron chi connectivity index (χ1n) is 6.89. The van der Waals surface area contributed by atoms with Crippen molar-refractivity contribution in [3.63, 3.8) is 0 Å². The SMILES string of the molecule is CCCCCC(C)/C=C(/O)C1=CO[C@@H](C)CC1. The number of rotatable bonds is 6. The first kappa shape index (κ1) is 14.1. The lowest BCUT2D eigenvalue weighted by molar-refractivity contribution is 0.134. The predicted octanol–water partition coefficient (Wildman–Crippen LogP) is 4.73. The van der Waals surface area contributed by atoms with Gasteiger partial charge >= 0.3 is 0 Å². The molecule has 1 N–H and O–H groups in total. The maximum atomic E-state index is 10.00. The van der Waals surface area contributed by atoms with Crippen molar-refractivity contribution in [1.29, 1.82) is 0 Å². The van der Waals surface area contributed by atoms with Gasteiger partial charge in [-0.25, -0.2) is 0 Å². The van der Waals surface area contributed by atoms with Crippen LogP contribution in [0.3, 0.4) is 0 Å². The third-order valence-electron chi connectivity index (χ3n) is 3.30. The maximum Gasteiger partial charge on any atom is 0.118 e. The summed E-state index contributed by atoms with van der Waals surface area (Å²) in [5.74, 6) is 0.864. The third kappa shape index (κ3) is 5.29. The van der Waals surface area contributed by atoms with Crippen molar-refractivity contribution in [1.82, 2.24) is 0 Å². The van der Waals surface area contributed by atoms with Gasteiger partial charge in [-0.15, -0.1) is 0 Å². The van der Waals surface area contributed by atoms with E-state index in [4.69, 9.17) is 4.74 Å². The number of hydrogen-bond donors (Lipinski definition) is 1. The molecule has 0 spiro atoms. The predicted molar refractivity (Wildman–Crippen MR) is 71.9 cm³/mol. The lowest BCUT2D eigenvalue weighted by Gasteiger charge is -2.19. The lowest BCUT2D eigenvalue weighted by Crippen LogP contribution is -2.11. The van der Waals surface area contributed by atoms with Crippen LogP contribution in [0.15, 0.2) is 23.7 Å². The minimum Gasteiger partial charge on any atom is -0.508 e. The first-order chi connectivity index (χ1) is 8.13. The largest absolute Gasteiger partial charge is 0.508 e. The highest BCUT2D eigenvalue weighted by Crippen LogP contribution is 2.23. The molecule has 1 aliphatic rings. The van der Waals surface area contributed by atoms with E-state index in [2.05, 4.69) is 20.8 Å². The van der Waals surface area contributed by atoms with Gasteiger partial charge in [-0.3, -0.25) is 0 Å². The third-order valence-corrected chi connectivity index (χ3v) is 3.30. The van der Waals surface area contributed by atoms with E-state index in [1.165, 1.54) is 19.3 Å². The van der Waals surface area contributed by atoms with Crippen molar-refractivity contribution >= 4 is 0 Å². The molecule has 0 saturated carbocycles. The molecule has 0 aromatic rings. The van der Waals surface area contributed by atoms with Gasteiger partial charge in [-0.1, -0.05) is 33.1 Å². The number of unbranched alkanes of at least 4 members (excludes halogenated alkanes) is 2. The molecule has 0 aromatic heterocycles. The Balaban J connectivity index is 2.42. The van der Waals surface area contributed by atoms with Gasteiger partial charge in [-0.05, 0) is 38.2 Å². The van der Waals surface area contributed by atoms with Crippen molar-refractivity contribution in [2.45, 2.75) is 65.4 Å². The molecule has 1 aliphatic heterocycles. The van der Waals surface area contributed by atoms with Crippen LogP contribution in [0.2, 0.25) is 0 Å². The number of aliphatic hydroxyl groups is 1. The van der Waals surface area contributed by atoms with Crippen LogP contribution in [-0.2, 0) is 4.74 Å². The molecule has 0 fully saturated rings. The van der Waals surface area contributed by atoms with Crippen LogP contribution in [0, 0.1) is 5.92 Å². The Morgan fingerprint density at radius 1 is 1.59 bits per heavy atom. The average Bonchev–Trinajstić information content (AvgIpc) is 2.30. The Hall–Kier alpha value is -0.920. The van der Waals surface area contributed by atoms with Crippen molar-refractivity contribution < 1.29 is 9.84 Å². The Bertz CT molecular complexity index is 279. The zero-order chi connectivity index (χ0) is 12.7. The second-order valence-electron chi connectivity index (χ2n) is 5.15. The Labute approximate surface area is 105 Å². The number of hydrogen-bond acceptors (Lipinski definition) is 2. The zero-order valence-corrected chi connectivity index (χ0v) is 11.4. The Morgan fingerprint density at radius 2 is 2.35 bits per heavy atom. The molecule has 0 amide bonds. The molecular weight excluding hydrogens is 212 g/mol. The minimum absolute atomic E-state index is 0.286. The summed E-state index contributed by atoms with van der Waals surface area (Å²) in [5.41, 5.74) is 0.949. The molecule has 98 valence electrons. The summed E-state index contributed by atoms with van der Waals surface area (Å²) in [5, 5.41) is 10.00. The topological polar surface area (TPSA) is 29.5 Å². The van der Waals surface area contributed by atoms with Crippen LogP contribution in [0.1, 0.15) is 59.3 Å². The molecule has 0 aromatic carbocycles. The Kier molecular flexibility index (Phi) is 6.17. The van der Waals surface area contributed by atoms with Crippen LogP contribution in [0.4, 0.5) is 0 Å². The maximum absolute atomic E-state index is 10.00. The smallest absolute Gasteiger partial charge is 0.118 e. The van der Waals surface area contributed by atoms with Crippen LogP contribution < -0.4 is 0 Å². The standard InChI is InChI=1S/C15H26O2/c1-4-5-6-7-12(2)10-15(16)14-9-8-13(3)17-11-14/h10-13,16H,4-9H2,1-3H3/b15-10+/t12?,13-/m0/s1. The summed E-state index contributed by atoms with van der Waals surface area (Å²) in [4.78, 5) is 0. The molecule has 2 atom stereocenters. The van der Waals surface area contributed by atoms with E-state index in [0.717, 1.165) is 24.8 Å². The van der Waals surface area contributed by atoms with Crippen LogP contribution in [-0.4, -0.2) is 11.2 Å². The van der Waals surface area contributed by atoms with Crippen molar-refractivity contribution in [3.8, 4) is 0 Å². The first-order valence-corrected chi connectivity index (χ1v) is 6.89. The van der Waals surface area contributed by atoms with Crippen molar-refractivity contribution in [2.75, 3.05) is 0 Å². The second-order valence-corrected chi connectivity index (χ2v) is 5.15. The number of allylic oxidation sites excluding steroid dienone is 2. The molecule has 1 unspecified atom stereocenters. The van der Waals surface area contributed by atoms with E-state index < -0.39 is 0 Å². The molecule has 2 heteroatoms. The summed E-state index contributed by atoms with van der Waals surface area (Å²) < 4.78 is 5.43. The van der Waals surface area contributed by atoms with Gasteiger partial charge in [0.1, 0.15) is 5.76 Å². The fraction of sp³-hybridized carbons (Fsp3) is 0.733. The molecule has 0 aliphatic carbocycles. The van der Waals surface area contributed by atoms with Crippen molar-refractivity contribution in [3.05, 3.63) is 23.7 Å². The van der Waals surface area contributed by atoms with E-state index in [1.54, 1.807) is 6.26 Å². The molecule has 1 heterocycles. The zero-order valence-electron chi connectivity index (χ0n) is 11.4. The van der Waals surface area contributed by atoms with Gasteiger partial charge in [0.2, 0.25) is 0 Å². The molecule has 1 rings (SSSR count). The molecule has 17 heavy (non-hydrogen) atoms. The lowest BCUT2D eigenvalue weighted by atomic mass is 9.99. The van der Waals surface area contributed by atoms with E-state index >= 15 is 0 Å². The minimum atomic E-state index is 0.286. The Morgan fingerprint density at radius 3 is 2.94 bits per heavy atom. The normalized spacial score (nSPS) is 22.9. The van der Waals surface area contributed by atoms with Gasteiger partial charge < -0.3 is 9.84 Å². The molecule has 0 saturated heterocycles. The van der Waals surface area contributed by atoms with Crippen LogP contribution >= 0.6 is 0 Å². The van der Waals surface area contributed by atoms with Crippen molar-refractivity contribution in [2.24, 2.45) is 5.92 Å². The molecular formula is C15H26O2. The highest BCUT2D eigenvalue weighted by molar-refractivity contribution is 5.24. The summed E-state index contributed by atoms with van der Waals surface area (Å²) in [6.07, 6.45) is 10.8. The van der Waals surface area contributed by atoms with E-state index in [1.807, 2.05) is 6.08 Å². The van der Waals surface area contributed by atoms with Gasteiger partial charge in [0, 0.05) is 5.57 Å². The number of aliphatic hydroxyl groups excluding tert-OH is 1. The van der Waals surface area contributed by atoms with Gasteiger partial charge in [0.15, 0.2) is 0 Å². The quantitative estimate of drug-likeness (QED) is 0.535. The highest BCUT2D eigenvalue weighted by Gasteiger charge is 2.14. The average molecular weight is 238 g/mol. The summed E-state index contributed by atoms with van der Waals surface area (Å²) in [6.45, 7) is 6.43. The summed E-state index contributed by atoms with van der Waals surface area (Å²) in [7, 11) is 0.